The van der Waals surface area contributed by atoms with Gasteiger partial charge in [0.1, 0.15) is 0 Å². The van der Waals surface area contributed by atoms with Gasteiger partial charge in [0.2, 0.25) is 5.28 Å². The number of aromatic nitrogens is 2. The molecule has 1 aliphatic rings. The fraction of sp³-hybridized carbons (Fsp3) is 0.231. The zero-order valence-electron chi connectivity index (χ0n) is 9.03. The predicted molar refractivity (Wildman–Crippen MR) is 69.5 cm³/mol. The molecule has 1 fully saturated rings. The highest BCUT2D eigenvalue weighted by Gasteiger charge is 2.23. The van der Waals surface area contributed by atoms with Crippen molar-refractivity contribution < 1.29 is 0 Å². The van der Waals surface area contributed by atoms with Gasteiger partial charge in [-0.15, -0.1) is 0 Å². The first kappa shape index (κ1) is 11.0. The van der Waals surface area contributed by atoms with E-state index in [0.717, 1.165) is 5.56 Å². The Labute approximate surface area is 110 Å². The summed E-state index contributed by atoms with van der Waals surface area (Å²) in [6.07, 6.45) is 4.10. The van der Waals surface area contributed by atoms with E-state index in [1.54, 1.807) is 0 Å². The van der Waals surface area contributed by atoms with Gasteiger partial charge in [0.05, 0.1) is 16.9 Å². The van der Waals surface area contributed by atoms with Gasteiger partial charge in [-0.3, -0.25) is 0 Å². The molecule has 0 N–H and O–H groups in total. The van der Waals surface area contributed by atoms with Crippen LogP contribution >= 0.6 is 23.2 Å². The van der Waals surface area contributed by atoms with Crippen LogP contribution in [0, 0.1) is 0 Å². The van der Waals surface area contributed by atoms with E-state index in [4.69, 9.17) is 23.2 Å². The maximum Gasteiger partial charge on any atom is 0.222 e. The maximum atomic E-state index is 6.09. The molecular weight excluding hydrogens is 255 g/mol. The standard InChI is InChI=1S/C13H10Cl2N2/c14-11-7-16-13(15)17-12(11)10-3-1-2-9(6-10)8-4-5-8/h1-3,6-8H,4-5H2. The van der Waals surface area contributed by atoms with Gasteiger partial charge in [0.15, 0.2) is 0 Å². The van der Waals surface area contributed by atoms with Crippen LogP contribution in [-0.4, -0.2) is 9.97 Å². The first-order valence-electron chi connectivity index (χ1n) is 5.52. The van der Waals surface area contributed by atoms with Gasteiger partial charge in [-0.1, -0.05) is 29.8 Å². The monoisotopic (exact) mass is 264 g/mol. The van der Waals surface area contributed by atoms with Crippen molar-refractivity contribution in [3.8, 4) is 11.3 Å². The first-order chi connectivity index (χ1) is 8.24. The van der Waals surface area contributed by atoms with Crippen molar-refractivity contribution in [1.82, 2.24) is 9.97 Å². The van der Waals surface area contributed by atoms with E-state index in [2.05, 4.69) is 22.1 Å². The number of nitrogens with zero attached hydrogens (tertiary/aromatic N) is 2. The van der Waals surface area contributed by atoms with Gasteiger partial charge in [-0.05, 0) is 42.0 Å². The molecule has 0 atom stereocenters. The average molecular weight is 265 g/mol. The van der Waals surface area contributed by atoms with Crippen LogP contribution in [-0.2, 0) is 0 Å². The highest BCUT2D eigenvalue weighted by atomic mass is 35.5. The largest absolute Gasteiger partial charge is 0.225 e. The molecule has 3 rings (SSSR count). The van der Waals surface area contributed by atoms with Crippen molar-refractivity contribution in [2.75, 3.05) is 0 Å². The topological polar surface area (TPSA) is 25.8 Å². The summed E-state index contributed by atoms with van der Waals surface area (Å²) in [5, 5.41) is 0.753. The Morgan fingerprint density at radius 2 is 2.00 bits per heavy atom. The van der Waals surface area contributed by atoms with E-state index in [-0.39, 0.29) is 5.28 Å². The quantitative estimate of drug-likeness (QED) is 0.755. The van der Waals surface area contributed by atoms with Crippen molar-refractivity contribution >= 4 is 23.2 Å². The van der Waals surface area contributed by atoms with E-state index in [0.29, 0.717) is 16.6 Å². The Morgan fingerprint density at radius 1 is 1.18 bits per heavy atom. The van der Waals surface area contributed by atoms with E-state index >= 15 is 0 Å². The van der Waals surface area contributed by atoms with E-state index in [1.807, 2.05) is 12.1 Å². The van der Waals surface area contributed by atoms with Crippen molar-refractivity contribution in [1.29, 1.82) is 0 Å². The van der Waals surface area contributed by atoms with Crippen molar-refractivity contribution in [2.24, 2.45) is 0 Å². The minimum atomic E-state index is 0.223. The normalized spacial score (nSPS) is 14.9. The molecule has 17 heavy (non-hydrogen) atoms. The number of hydrogen-bond acceptors (Lipinski definition) is 2. The van der Waals surface area contributed by atoms with Gasteiger partial charge >= 0.3 is 0 Å². The summed E-state index contributed by atoms with van der Waals surface area (Å²) in [5.74, 6) is 0.714. The molecule has 2 aromatic rings. The van der Waals surface area contributed by atoms with Gasteiger partial charge < -0.3 is 0 Å². The maximum absolute atomic E-state index is 6.09. The lowest BCUT2D eigenvalue weighted by Gasteiger charge is -2.05. The molecule has 0 saturated heterocycles. The number of halogens is 2. The summed E-state index contributed by atoms with van der Waals surface area (Å²) >= 11 is 11.9. The SMILES string of the molecule is Clc1ncc(Cl)c(-c2cccc(C3CC3)c2)n1. The Bertz CT molecular complexity index is 565. The van der Waals surface area contributed by atoms with Crippen LogP contribution in [0.5, 0.6) is 0 Å². The van der Waals surface area contributed by atoms with Crippen molar-refractivity contribution in [2.45, 2.75) is 18.8 Å². The fourth-order valence-electron chi connectivity index (χ4n) is 1.90. The molecule has 2 nitrogen and oxygen atoms in total. The molecule has 1 aromatic heterocycles. The molecule has 1 aliphatic carbocycles. The van der Waals surface area contributed by atoms with Crippen LogP contribution in [0.1, 0.15) is 24.3 Å². The first-order valence-corrected chi connectivity index (χ1v) is 6.28. The molecule has 0 radical (unpaired) electrons. The highest BCUT2D eigenvalue weighted by Crippen LogP contribution is 2.41. The third-order valence-electron chi connectivity index (χ3n) is 2.92. The zero-order valence-corrected chi connectivity index (χ0v) is 10.5. The fourth-order valence-corrected chi connectivity index (χ4v) is 2.24. The second kappa shape index (κ2) is 4.28. The van der Waals surface area contributed by atoms with Gasteiger partial charge in [0.25, 0.3) is 0 Å². The Morgan fingerprint density at radius 3 is 2.76 bits per heavy atom. The van der Waals surface area contributed by atoms with Gasteiger partial charge in [-0.2, -0.15) is 0 Å². The summed E-state index contributed by atoms with van der Waals surface area (Å²) in [7, 11) is 0. The smallest absolute Gasteiger partial charge is 0.222 e. The summed E-state index contributed by atoms with van der Waals surface area (Å²) in [4.78, 5) is 8.04. The van der Waals surface area contributed by atoms with Crippen LogP contribution in [0.3, 0.4) is 0 Å². The number of rotatable bonds is 2. The lowest BCUT2D eigenvalue weighted by Crippen LogP contribution is -1.90. The third-order valence-corrected chi connectivity index (χ3v) is 3.38. The van der Waals surface area contributed by atoms with Crippen molar-refractivity contribution in [3.05, 3.63) is 46.3 Å². The molecule has 86 valence electrons. The lowest BCUT2D eigenvalue weighted by molar-refractivity contribution is 1.12. The van der Waals surface area contributed by atoms with Gasteiger partial charge in [-0.25, -0.2) is 9.97 Å². The lowest BCUT2D eigenvalue weighted by atomic mass is 10.1. The van der Waals surface area contributed by atoms with Gasteiger partial charge in [0, 0.05) is 5.56 Å². The second-order valence-electron chi connectivity index (χ2n) is 4.24. The summed E-state index contributed by atoms with van der Waals surface area (Å²) in [5.41, 5.74) is 3.06. The molecule has 1 saturated carbocycles. The third kappa shape index (κ3) is 2.28. The second-order valence-corrected chi connectivity index (χ2v) is 4.98. The predicted octanol–water partition coefficient (Wildman–Crippen LogP) is 4.33. The van der Waals surface area contributed by atoms with Crippen LogP contribution < -0.4 is 0 Å². The van der Waals surface area contributed by atoms with Crippen molar-refractivity contribution in [3.63, 3.8) is 0 Å². The molecule has 0 spiro atoms. The van der Waals surface area contributed by atoms with Crippen LogP contribution in [0.15, 0.2) is 30.5 Å². The molecule has 0 unspecified atom stereocenters. The Kier molecular flexibility index (Phi) is 2.77. The molecular formula is C13H10Cl2N2. The summed E-state index contributed by atoms with van der Waals surface area (Å²) < 4.78 is 0. The molecule has 4 heteroatoms. The average Bonchev–Trinajstić information content (AvgIpc) is 3.17. The Hall–Kier alpha value is -1.12. The molecule has 1 heterocycles. The molecule has 0 bridgehead atoms. The van der Waals surface area contributed by atoms with E-state index in [1.165, 1.54) is 24.6 Å². The molecule has 0 aliphatic heterocycles. The minimum Gasteiger partial charge on any atom is -0.225 e. The molecule has 1 aromatic carbocycles. The minimum absolute atomic E-state index is 0.223. The van der Waals surface area contributed by atoms with Crippen LogP contribution in [0.25, 0.3) is 11.3 Å². The van der Waals surface area contributed by atoms with Crippen LogP contribution in [0.2, 0.25) is 10.3 Å². The number of benzene rings is 1. The van der Waals surface area contributed by atoms with E-state index < -0.39 is 0 Å². The molecule has 0 amide bonds. The summed E-state index contributed by atoms with van der Waals surface area (Å²) in [6.45, 7) is 0. The summed E-state index contributed by atoms with van der Waals surface area (Å²) in [6, 6.07) is 8.33. The zero-order chi connectivity index (χ0) is 11.8. The highest BCUT2D eigenvalue weighted by molar-refractivity contribution is 6.33. The number of hydrogen-bond donors (Lipinski definition) is 0. The van der Waals surface area contributed by atoms with Crippen LogP contribution in [0.4, 0.5) is 0 Å². The van der Waals surface area contributed by atoms with E-state index in [9.17, 15) is 0 Å². The Balaban J connectivity index is 2.07.